The summed E-state index contributed by atoms with van der Waals surface area (Å²) in [6.45, 7) is 10.6. The van der Waals surface area contributed by atoms with Gasteiger partial charge in [-0.05, 0) is 58.2 Å². The molecule has 0 saturated carbocycles. The van der Waals surface area contributed by atoms with Crippen molar-refractivity contribution in [3.63, 3.8) is 0 Å². The second-order valence-electron chi connectivity index (χ2n) is 19.7. The average Bonchev–Trinajstić information content (AvgIpc) is 3.86. The minimum atomic E-state index is -1.31. The van der Waals surface area contributed by atoms with Gasteiger partial charge in [-0.3, -0.25) is 38.4 Å². The van der Waals surface area contributed by atoms with Crippen LogP contribution in [0.25, 0.3) is 0 Å². The Kier molecular flexibility index (Phi) is 12.5. The Morgan fingerprint density at radius 3 is 1.14 bits per heavy atom. The number of carbonyl (C=O) groups excluding carboxylic acids is 8. The smallest absolute Gasteiger partial charge is 0.327 e. The summed E-state index contributed by atoms with van der Waals surface area (Å²) in [6.07, 6.45) is 0. The van der Waals surface area contributed by atoms with Gasteiger partial charge in [-0.15, -0.1) is 35.3 Å². The number of β-lactam (4-membered cyclic amide) rings is 3. The van der Waals surface area contributed by atoms with Crippen molar-refractivity contribution in [2.24, 2.45) is 5.73 Å². The molecular formula is C48H53N9O10S3. The van der Waals surface area contributed by atoms with E-state index in [-0.39, 0.29) is 0 Å². The summed E-state index contributed by atoms with van der Waals surface area (Å²) in [7, 11) is 0. The number of nitrogens with one attached hydrogen (secondary N) is 5. The van der Waals surface area contributed by atoms with E-state index < -0.39 is 138 Å². The zero-order valence-corrected chi connectivity index (χ0v) is 41.3. The SMILES string of the molecule is CC1(C)S[C@@H]2[C@H](NC(=O)[C@@H](N)c3ccccc3)C(=O)N2[C@H]1C(=O)N[C@H](C(=O)N[C@@H]1C(=O)N2[C@@H]1SC(C)(C)[C@@H]2C(=O)NC(C(=O)N[C@H]1C(=O)N2[C@H]1SC(C)(C)[C@H]2C(=O)O)c1ccccc1)c1ccccc1. The highest BCUT2D eigenvalue weighted by Crippen LogP contribution is 2.53. The second-order valence-corrected chi connectivity index (χ2v) is 25.0. The Labute approximate surface area is 415 Å². The number of rotatable bonds is 14. The quantitative estimate of drug-likeness (QED) is 0.112. The summed E-state index contributed by atoms with van der Waals surface area (Å²) in [4.78, 5) is 128. The van der Waals surface area contributed by atoms with Crippen molar-refractivity contribution in [3.8, 4) is 0 Å². The van der Waals surface area contributed by atoms with Crippen LogP contribution in [0.15, 0.2) is 91.0 Å². The fourth-order valence-electron chi connectivity index (χ4n) is 10.3. The summed E-state index contributed by atoms with van der Waals surface area (Å²) < 4.78 is -2.62. The number of hydrogen-bond acceptors (Lipinski definition) is 13. The van der Waals surface area contributed by atoms with Crippen molar-refractivity contribution >= 4 is 88.5 Å². The fraction of sp³-hybridized carbons (Fsp3) is 0.438. The molecule has 6 fully saturated rings. The Morgan fingerprint density at radius 2 is 0.800 bits per heavy atom. The molecule has 6 aliphatic heterocycles. The zero-order valence-electron chi connectivity index (χ0n) is 38.9. The first-order chi connectivity index (χ1) is 33.0. The second kappa shape index (κ2) is 17.9. The molecule has 1 unspecified atom stereocenters. The molecule has 8 N–H and O–H groups in total. The van der Waals surface area contributed by atoms with Gasteiger partial charge < -0.3 is 52.1 Å². The third-order valence-electron chi connectivity index (χ3n) is 13.8. The molecule has 3 aromatic carbocycles. The van der Waals surface area contributed by atoms with Crippen LogP contribution in [-0.4, -0.2) is 140 Å². The molecule has 6 aliphatic rings. The van der Waals surface area contributed by atoms with Crippen molar-refractivity contribution in [1.29, 1.82) is 0 Å². The zero-order chi connectivity index (χ0) is 50.4. The van der Waals surface area contributed by atoms with Crippen LogP contribution in [-0.2, 0) is 43.2 Å². The van der Waals surface area contributed by atoms with Gasteiger partial charge in [0.15, 0.2) is 0 Å². The number of aliphatic carboxylic acids is 1. The summed E-state index contributed by atoms with van der Waals surface area (Å²) in [5.74, 6) is -5.95. The molecule has 6 saturated heterocycles. The first-order valence-corrected chi connectivity index (χ1v) is 25.3. The Bertz CT molecular complexity index is 2680. The van der Waals surface area contributed by atoms with Crippen molar-refractivity contribution in [2.75, 3.05) is 0 Å². The van der Waals surface area contributed by atoms with Gasteiger partial charge >= 0.3 is 5.97 Å². The molecule has 0 radical (unpaired) electrons. The minimum absolute atomic E-state index is 0.401. The molecule has 9 rings (SSSR count). The largest absolute Gasteiger partial charge is 0.480 e. The van der Waals surface area contributed by atoms with Gasteiger partial charge in [0.25, 0.3) is 0 Å². The number of fused-ring (bicyclic) bond motifs is 3. The lowest BCUT2D eigenvalue weighted by molar-refractivity contribution is -0.161. The highest BCUT2D eigenvalue weighted by atomic mass is 32.2. The molecule has 0 spiro atoms. The number of benzene rings is 3. The van der Waals surface area contributed by atoms with Crippen LogP contribution < -0.4 is 32.3 Å². The van der Waals surface area contributed by atoms with E-state index in [4.69, 9.17) is 5.73 Å². The number of thioether (sulfide) groups is 3. The van der Waals surface area contributed by atoms with Crippen molar-refractivity contribution < 1.29 is 48.3 Å². The van der Waals surface area contributed by atoms with Crippen LogP contribution in [0, 0.1) is 0 Å². The number of amides is 8. The van der Waals surface area contributed by atoms with E-state index in [0.717, 1.165) is 0 Å². The van der Waals surface area contributed by atoms with E-state index in [1.165, 1.54) is 50.0 Å². The van der Waals surface area contributed by atoms with Crippen LogP contribution in [0.4, 0.5) is 0 Å². The number of hydrogen-bond donors (Lipinski definition) is 7. The highest BCUT2D eigenvalue weighted by Gasteiger charge is 2.67. The van der Waals surface area contributed by atoms with Crippen LogP contribution in [0.5, 0.6) is 0 Å². The monoisotopic (exact) mass is 1010 g/mol. The van der Waals surface area contributed by atoms with E-state index >= 15 is 0 Å². The van der Waals surface area contributed by atoms with Gasteiger partial charge in [0.05, 0.1) is 0 Å². The van der Waals surface area contributed by atoms with Gasteiger partial charge in [0, 0.05) is 14.2 Å². The topological polar surface area (TPSA) is 270 Å². The van der Waals surface area contributed by atoms with E-state index in [0.29, 0.717) is 16.7 Å². The van der Waals surface area contributed by atoms with Gasteiger partial charge in [-0.2, -0.15) is 0 Å². The molecule has 8 amide bonds. The van der Waals surface area contributed by atoms with E-state index in [2.05, 4.69) is 26.6 Å². The first kappa shape index (κ1) is 48.9. The van der Waals surface area contributed by atoms with Crippen LogP contribution in [0.3, 0.4) is 0 Å². The highest BCUT2D eigenvalue weighted by molar-refractivity contribution is 8.02. The standard InChI is InChI=1S/C48H53N9O10S3/c1-46(2)31(55-39(63)28(42(55)68-46)52-34(58)25(49)22-16-10-7-11-17-22)37(61)50-26(23-18-12-8-13-19-23)35(59)53-29-40(64)56-32(47(3,4)69-43(29)56)38(62)51-27(24-20-14-9-15-21-24)36(60)54-30-41(65)57-33(45(66)67)48(5,6)70-44(30)57/h7-21,25-33,42-44H,49H2,1-6H3,(H,50,61)(H,51,62)(H,52,58)(H,53,59)(H,54,60)(H,66,67)/t25-,26-,27?,28+,29+,30-,31-,32-,33+,42+,43+,44-/m0/s1. The molecule has 19 nitrogen and oxygen atoms in total. The number of carboxylic acid groups (broad SMARTS) is 1. The molecule has 368 valence electrons. The van der Waals surface area contributed by atoms with Crippen molar-refractivity contribution in [1.82, 2.24) is 41.3 Å². The van der Waals surface area contributed by atoms with Crippen LogP contribution >= 0.6 is 35.3 Å². The molecule has 0 aromatic heterocycles. The molecule has 3 aromatic rings. The maximum absolute atomic E-state index is 14.4. The van der Waals surface area contributed by atoms with Crippen LogP contribution in [0.1, 0.15) is 76.4 Å². The van der Waals surface area contributed by atoms with E-state index in [1.807, 2.05) is 0 Å². The van der Waals surface area contributed by atoms with Crippen molar-refractivity contribution in [2.45, 2.75) is 126 Å². The Hall–Kier alpha value is -6.10. The average molecular weight is 1010 g/mol. The number of carboxylic acids is 1. The Balaban J connectivity index is 0.871. The molecular weight excluding hydrogens is 959 g/mol. The lowest BCUT2D eigenvalue weighted by Crippen LogP contribution is -2.73. The van der Waals surface area contributed by atoms with Gasteiger partial charge in [0.1, 0.15) is 70.5 Å². The lowest BCUT2D eigenvalue weighted by atomic mass is 9.93. The molecule has 0 bridgehead atoms. The number of carbonyl (C=O) groups is 9. The third kappa shape index (κ3) is 8.24. The number of nitrogens with two attached hydrogens (primary N) is 1. The van der Waals surface area contributed by atoms with Gasteiger partial charge in [-0.25, -0.2) is 4.79 Å². The Morgan fingerprint density at radius 1 is 0.500 bits per heavy atom. The first-order valence-electron chi connectivity index (χ1n) is 22.7. The molecule has 22 heteroatoms. The molecule has 6 heterocycles. The summed E-state index contributed by atoms with van der Waals surface area (Å²) in [6, 6.07) is 15.6. The maximum atomic E-state index is 14.4. The fourth-order valence-corrected chi connectivity index (χ4v) is 15.2. The van der Waals surface area contributed by atoms with Gasteiger partial charge in [0.2, 0.25) is 47.3 Å². The van der Waals surface area contributed by atoms with Crippen LogP contribution in [0.2, 0.25) is 0 Å². The lowest BCUT2D eigenvalue weighted by Gasteiger charge is -2.45. The van der Waals surface area contributed by atoms with E-state index in [9.17, 15) is 48.3 Å². The van der Waals surface area contributed by atoms with E-state index in [1.54, 1.807) is 133 Å². The summed E-state index contributed by atoms with van der Waals surface area (Å²) in [5, 5.41) is 21.9. The predicted molar refractivity (Wildman–Crippen MR) is 260 cm³/mol. The van der Waals surface area contributed by atoms with Gasteiger partial charge in [-0.1, -0.05) is 91.0 Å². The predicted octanol–water partition coefficient (Wildman–Crippen LogP) is 1.13. The maximum Gasteiger partial charge on any atom is 0.327 e. The van der Waals surface area contributed by atoms with Crippen molar-refractivity contribution in [3.05, 3.63) is 108 Å². The normalized spacial score (nSPS) is 29.6. The summed E-state index contributed by atoms with van der Waals surface area (Å²) >= 11 is 3.90. The number of nitrogens with zero attached hydrogens (tertiary/aromatic N) is 3. The minimum Gasteiger partial charge on any atom is -0.480 e. The molecule has 12 atom stereocenters. The third-order valence-corrected chi connectivity index (χ3v) is 18.5. The summed E-state index contributed by atoms with van der Waals surface area (Å²) in [5.41, 5.74) is 7.59. The molecule has 0 aliphatic carbocycles. The molecule has 70 heavy (non-hydrogen) atoms.